The van der Waals surface area contributed by atoms with Crippen LogP contribution >= 0.6 is 0 Å². The van der Waals surface area contributed by atoms with E-state index in [9.17, 15) is 4.79 Å². The van der Waals surface area contributed by atoms with Gasteiger partial charge in [0.2, 0.25) is 0 Å². The van der Waals surface area contributed by atoms with Gasteiger partial charge in [0, 0.05) is 5.92 Å². The number of allylic oxidation sites excluding steroid dienone is 2. The van der Waals surface area contributed by atoms with E-state index >= 15 is 0 Å². The minimum atomic E-state index is 0.302. The Morgan fingerprint density at radius 2 is 2.08 bits per heavy atom. The maximum absolute atomic E-state index is 10.3. The Morgan fingerprint density at radius 3 is 2.69 bits per heavy atom. The van der Waals surface area contributed by atoms with Crippen molar-refractivity contribution in [3.63, 3.8) is 0 Å². The van der Waals surface area contributed by atoms with Crippen LogP contribution in [0.5, 0.6) is 0 Å². The molecule has 1 heteroatoms. The van der Waals surface area contributed by atoms with Gasteiger partial charge in [0.25, 0.3) is 0 Å². The molecule has 0 radical (unpaired) electrons. The average molecular weight is 180 g/mol. The Kier molecular flexibility index (Phi) is 4.81. The van der Waals surface area contributed by atoms with E-state index in [4.69, 9.17) is 0 Å². The van der Waals surface area contributed by atoms with E-state index < -0.39 is 0 Å². The van der Waals surface area contributed by atoms with Gasteiger partial charge in [-0.1, -0.05) is 44.3 Å². The number of carbonyl (C=O) groups is 1. The lowest BCUT2D eigenvalue weighted by Gasteiger charge is -1.95. The summed E-state index contributed by atoms with van der Waals surface area (Å²) in [5.74, 6) is 0.302. The zero-order chi connectivity index (χ0) is 9.52. The van der Waals surface area contributed by atoms with Gasteiger partial charge in [-0.25, -0.2) is 0 Å². The molecule has 0 saturated heterocycles. The second-order valence-corrected chi connectivity index (χ2v) is 3.93. The highest BCUT2D eigenvalue weighted by molar-refractivity contribution is 5.66. The third kappa shape index (κ3) is 4.25. The molecule has 1 unspecified atom stereocenters. The van der Waals surface area contributed by atoms with Crippen molar-refractivity contribution in [2.45, 2.75) is 51.9 Å². The predicted molar refractivity (Wildman–Crippen MR) is 55.6 cm³/mol. The van der Waals surface area contributed by atoms with E-state index in [1.807, 2.05) is 0 Å². The van der Waals surface area contributed by atoms with E-state index in [0.717, 1.165) is 12.7 Å². The van der Waals surface area contributed by atoms with Gasteiger partial charge in [0.15, 0.2) is 0 Å². The molecule has 1 rings (SSSR count). The molecule has 74 valence electrons. The largest absolute Gasteiger partial charge is 0.303 e. The van der Waals surface area contributed by atoms with Gasteiger partial charge in [0.1, 0.15) is 6.29 Å². The van der Waals surface area contributed by atoms with Crippen molar-refractivity contribution in [2.24, 2.45) is 5.92 Å². The van der Waals surface area contributed by atoms with Gasteiger partial charge in [0.05, 0.1) is 0 Å². The van der Waals surface area contributed by atoms with E-state index in [0.29, 0.717) is 5.92 Å². The Balaban J connectivity index is 1.90. The van der Waals surface area contributed by atoms with Crippen LogP contribution in [0, 0.1) is 5.92 Å². The summed E-state index contributed by atoms with van der Waals surface area (Å²) in [4.78, 5) is 10.3. The van der Waals surface area contributed by atoms with Crippen LogP contribution in [0.2, 0.25) is 0 Å². The summed E-state index contributed by atoms with van der Waals surface area (Å²) >= 11 is 0. The molecule has 1 aliphatic rings. The first-order chi connectivity index (χ1) is 6.38. The second-order valence-electron chi connectivity index (χ2n) is 3.93. The minimum Gasteiger partial charge on any atom is -0.303 e. The summed E-state index contributed by atoms with van der Waals surface area (Å²) in [5.41, 5.74) is 1.38. The Morgan fingerprint density at radius 1 is 1.31 bits per heavy atom. The van der Waals surface area contributed by atoms with Crippen molar-refractivity contribution < 1.29 is 4.79 Å². The topological polar surface area (TPSA) is 17.1 Å². The zero-order valence-corrected chi connectivity index (χ0v) is 8.59. The SMILES string of the molecule is CCCCCCCC=C1CC1C=O. The Labute approximate surface area is 81.2 Å². The fraction of sp³-hybridized carbons (Fsp3) is 0.750. The molecule has 0 N–H and O–H groups in total. The lowest BCUT2D eigenvalue weighted by atomic mass is 10.1. The lowest BCUT2D eigenvalue weighted by Crippen LogP contribution is -1.76. The molecule has 1 saturated carbocycles. The first-order valence-electron chi connectivity index (χ1n) is 5.52. The third-order valence-corrected chi connectivity index (χ3v) is 2.65. The van der Waals surface area contributed by atoms with Crippen molar-refractivity contribution in [2.75, 3.05) is 0 Å². The summed E-state index contributed by atoms with van der Waals surface area (Å²) in [6.07, 6.45) is 12.3. The van der Waals surface area contributed by atoms with Crippen LogP contribution in [-0.4, -0.2) is 6.29 Å². The smallest absolute Gasteiger partial charge is 0.127 e. The molecule has 1 nitrogen and oxygen atoms in total. The van der Waals surface area contributed by atoms with Crippen LogP contribution in [-0.2, 0) is 4.79 Å². The van der Waals surface area contributed by atoms with E-state index in [2.05, 4.69) is 13.0 Å². The Hall–Kier alpha value is -0.590. The van der Waals surface area contributed by atoms with Crippen molar-refractivity contribution in [3.05, 3.63) is 11.6 Å². The van der Waals surface area contributed by atoms with Gasteiger partial charge in [-0.15, -0.1) is 0 Å². The van der Waals surface area contributed by atoms with Crippen molar-refractivity contribution in [1.29, 1.82) is 0 Å². The van der Waals surface area contributed by atoms with Crippen LogP contribution in [0.1, 0.15) is 51.9 Å². The van der Waals surface area contributed by atoms with Crippen LogP contribution in [0.3, 0.4) is 0 Å². The quantitative estimate of drug-likeness (QED) is 0.333. The van der Waals surface area contributed by atoms with Gasteiger partial charge < -0.3 is 4.79 Å². The molecule has 1 fully saturated rings. The highest BCUT2D eigenvalue weighted by atomic mass is 16.1. The highest BCUT2D eigenvalue weighted by Gasteiger charge is 2.27. The summed E-state index contributed by atoms with van der Waals surface area (Å²) < 4.78 is 0. The number of carbonyl (C=O) groups excluding carboxylic acids is 1. The molecule has 0 bridgehead atoms. The van der Waals surface area contributed by atoms with Gasteiger partial charge in [-0.05, 0) is 19.3 Å². The number of aldehydes is 1. The van der Waals surface area contributed by atoms with Crippen molar-refractivity contribution >= 4 is 6.29 Å². The van der Waals surface area contributed by atoms with Crippen LogP contribution in [0.4, 0.5) is 0 Å². The van der Waals surface area contributed by atoms with Gasteiger partial charge in [-0.3, -0.25) is 0 Å². The molecule has 0 spiro atoms. The molecule has 0 aliphatic heterocycles. The fourth-order valence-corrected chi connectivity index (χ4v) is 1.60. The number of hydrogen-bond donors (Lipinski definition) is 0. The number of hydrogen-bond acceptors (Lipinski definition) is 1. The van der Waals surface area contributed by atoms with E-state index in [-0.39, 0.29) is 0 Å². The predicted octanol–water partition coefficient (Wildman–Crippen LogP) is 3.49. The fourth-order valence-electron chi connectivity index (χ4n) is 1.60. The van der Waals surface area contributed by atoms with Crippen LogP contribution in [0.15, 0.2) is 11.6 Å². The third-order valence-electron chi connectivity index (χ3n) is 2.65. The van der Waals surface area contributed by atoms with Crippen LogP contribution in [0.25, 0.3) is 0 Å². The first kappa shape index (κ1) is 10.5. The molecule has 0 aromatic carbocycles. The molecule has 0 amide bonds. The zero-order valence-electron chi connectivity index (χ0n) is 8.59. The minimum absolute atomic E-state index is 0.302. The van der Waals surface area contributed by atoms with E-state index in [1.165, 1.54) is 44.1 Å². The molecule has 0 aromatic rings. The Bertz CT molecular complexity index is 182. The van der Waals surface area contributed by atoms with Gasteiger partial charge >= 0.3 is 0 Å². The summed E-state index contributed by atoms with van der Waals surface area (Å²) in [5, 5.41) is 0. The maximum Gasteiger partial charge on any atom is 0.127 e. The standard InChI is InChI=1S/C12H20O/c1-2-3-4-5-6-7-8-11-9-12(11)10-13/h8,10,12H,2-7,9H2,1H3. The summed E-state index contributed by atoms with van der Waals surface area (Å²) in [6.45, 7) is 2.24. The molecular formula is C12H20O. The number of unbranched alkanes of at least 4 members (excludes halogenated alkanes) is 5. The van der Waals surface area contributed by atoms with E-state index in [1.54, 1.807) is 0 Å². The molecule has 1 aliphatic carbocycles. The van der Waals surface area contributed by atoms with Crippen LogP contribution < -0.4 is 0 Å². The molecule has 0 aromatic heterocycles. The monoisotopic (exact) mass is 180 g/mol. The molecule has 1 atom stereocenters. The summed E-state index contributed by atoms with van der Waals surface area (Å²) in [7, 11) is 0. The lowest BCUT2D eigenvalue weighted by molar-refractivity contribution is -0.108. The number of rotatable bonds is 7. The average Bonchev–Trinajstić information content (AvgIpc) is 2.90. The van der Waals surface area contributed by atoms with Crippen molar-refractivity contribution in [1.82, 2.24) is 0 Å². The second kappa shape index (κ2) is 5.95. The summed E-state index contributed by atoms with van der Waals surface area (Å²) in [6, 6.07) is 0. The highest BCUT2D eigenvalue weighted by Crippen LogP contribution is 2.35. The molecule has 0 heterocycles. The normalized spacial score (nSPS) is 23.5. The molecule has 13 heavy (non-hydrogen) atoms. The van der Waals surface area contributed by atoms with Gasteiger partial charge in [-0.2, -0.15) is 0 Å². The van der Waals surface area contributed by atoms with Crippen molar-refractivity contribution in [3.8, 4) is 0 Å². The molecular weight excluding hydrogens is 160 g/mol. The maximum atomic E-state index is 10.3. The first-order valence-corrected chi connectivity index (χ1v) is 5.52.